The molecular weight excluding hydrogens is 1550 g/mol. The van der Waals surface area contributed by atoms with Gasteiger partial charge in [0.2, 0.25) is 43.7 Å². The summed E-state index contributed by atoms with van der Waals surface area (Å²) in [7, 11) is -13.3. The fourth-order valence-electron chi connectivity index (χ4n) is 9.26. The number of amides is 4. The van der Waals surface area contributed by atoms with Crippen molar-refractivity contribution in [3.8, 4) is 0 Å². The number of hydrogen-bond donors (Lipinski definition) is 6. The van der Waals surface area contributed by atoms with Crippen LogP contribution in [0.2, 0.25) is 0 Å². The lowest BCUT2D eigenvalue weighted by Gasteiger charge is -2.14. The average molecular weight is 1680 g/mol. The van der Waals surface area contributed by atoms with E-state index in [-0.39, 0.29) is 70.1 Å². The predicted octanol–water partition coefficient (Wildman–Crippen LogP) is 11.4. The molecule has 0 radical (unpaired) electrons. The van der Waals surface area contributed by atoms with Crippen LogP contribution < -0.4 is 30.7 Å². The molecule has 2 unspecified atom stereocenters. The highest BCUT2D eigenvalue weighted by Crippen LogP contribution is 2.17. The van der Waals surface area contributed by atoms with Gasteiger partial charge in [0.05, 0.1) is 91.4 Å². The molecule has 6 N–H and O–H groups in total. The third-order valence-corrected chi connectivity index (χ3v) is 21.8. The van der Waals surface area contributed by atoms with Crippen molar-refractivity contribution >= 4 is 69.1 Å². The molecular formula is C86H126N6O19S4. The van der Waals surface area contributed by atoms with Gasteiger partial charge in [-0.1, -0.05) is 174 Å². The van der Waals surface area contributed by atoms with Crippen LogP contribution in [0.4, 0.5) is 0 Å². The Morgan fingerprint density at radius 2 is 0.678 bits per heavy atom. The number of rotatable bonds is 40. The van der Waals surface area contributed by atoms with Gasteiger partial charge in [0, 0.05) is 91.5 Å². The Kier molecular flexibility index (Phi) is 53.9. The quantitative estimate of drug-likeness (QED) is 0.0153. The minimum atomic E-state index is -3.48. The van der Waals surface area contributed by atoms with Gasteiger partial charge in [-0.15, -0.1) is 0 Å². The molecule has 0 aromatic heterocycles. The van der Waals surface area contributed by atoms with E-state index in [1.165, 1.54) is 56.2 Å². The third kappa shape index (κ3) is 54.2. The molecule has 0 aliphatic carbocycles. The normalized spacial score (nSPS) is 11.5. The molecule has 0 spiro atoms. The summed E-state index contributed by atoms with van der Waals surface area (Å²) in [6.45, 7) is 34.5. The van der Waals surface area contributed by atoms with Crippen LogP contribution in [0.3, 0.4) is 0 Å². The lowest BCUT2D eigenvalue weighted by Crippen LogP contribution is -2.34. The maximum atomic E-state index is 12.3. The van der Waals surface area contributed by atoms with Gasteiger partial charge in [-0.3, -0.25) is 24.0 Å². The predicted molar refractivity (Wildman–Crippen MR) is 455 cm³/mol. The van der Waals surface area contributed by atoms with E-state index in [4.69, 9.17) is 28.4 Å². The summed E-state index contributed by atoms with van der Waals surface area (Å²) >= 11 is 0. The van der Waals surface area contributed by atoms with Crippen LogP contribution in [0.25, 0.3) is 0 Å². The fourth-order valence-corrected chi connectivity index (χ4v) is 13.6. The van der Waals surface area contributed by atoms with Crippen molar-refractivity contribution in [3.63, 3.8) is 0 Å². The van der Waals surface area contributed by atoms with Crippen LogP contribution in [0.5, 0.6) is 0 Å². The van der Waals surface area contributed by atoms with Gasteiger partial charge in [0.25, 0.3) is 0 Å². The summed E-state index contributed by atoms with van der Waals surface area (Å²) in [5, 5.41) is 10.7. The number of ether oxygens (including phenoxy) is 6. The highest BCUT2D eigenvalue weighted by atomic mass is 32.2. The van der Waals surface area contributed by atoms with Crippen molar-refractivity contribution in [2.45, 2.75) is 155 Å². The van der Waals surface area contributed by atoms with Crippen LogP contribution in [0.1, 0.15) is 129 Å². The number of hydrogen-bond acceptors (Lipinski definition) is 19. The molecule has 0 aliphatic heterocycles. The van der Waals surface area contributed by atoms with Crippen molar-refractivity contribution in [1.29, 1.82) is 0 Å². The monoisotopic (exact) mass is 1670 g/mol. The number of carbonyl (C=O) groups is 5. The zero-order chi connectivity index (χ0) is 86.3. The van der Waals surface area contributed by atoms with Gasteiger partial charge in [-0.05, 0) is 147 Å². The van der Waals surface area contributed by atoms with E-state index < -0.39 is 39.7 Å². The first kappa shape index (κ1) is 105. The van der Waals surface area contributed by atoms with Crippen molar-refractivity contribution in [2.24, 2.45) is 5.92 Å². The summed E-state index contributed by atoms with van der Waals surface area (Å²) < 4.78 is 132. The molecule has 25 nitrogen and oxygen atoms in total. The zero-order valence-electron chi connectivity index (χ0n) is 70.1. The molecule has 4 amide bonds. The molecule has 0 bridgehead atoms. The Morgan fingerprint density at radius 1 is 0.348 bits per heavy atom. The molecule has 638 valence electrons. The largest absolute Gasteiger partial charge is 0.379 e. The van der Waals surface area contributed by atoms with Gasteiger partial charge >= 0.3 is 0 Å². The highest BCUT2D eigenvalue weighted by Gasteiger charge is 2.19. The molecule has 0 saturated heterocycles. The molecule has 7 aromatic rings. The minimum Gasteiger partial charge on any atom is -0.379 e. The summed E-state index contributed by atoms with van der Waals surface area (Å²) in [5.41, 5.74) is 11.2. The molecule has 0 saturated carbocycles. The second-order valence-corrected chi connectivity index (χ2v) is 34.8. The lowest BCUT2D eigenvalue weighted by molar-refractivity contribution is -0.120. The third-order valence-electron chi connectivity index (χ3n) is 15.7. The average Bonchev–Trinajstić information content (AvgIpc) is 0.874. The molecule has 0 fully saturated rings. The van der Waals surface area contributed by atoms with E-state index in [2.05, 4.69) is 68.8 Å². The van der Waals surface area contributed by atoms with Crippen molar-refractivity contribution < 1.29 is 86.1 Å². The van der Waals surface area contributed by atoms with E-state index in [9.17, 15) is 57.6 Å². The summed E-state index contributed by atoms with van der Waals surface area (Å²) in [6.07, 6.45) is 3.71. The topological polar surface area (TPSA) is 349 Å². The van der Waals surface area contributed by atoms with Gasteiger partial charge < -0.3 is 49.7 Å². The highest BCUT2D eigenvalue weighted by molar-refractivity contribution is 7.91. The van der Waals surface area contributed by atoms with Gasteiger partial charge in [-0.2, -0.15) is 0 Å². The first-order chi connectivity index (χ1) is 54.2. The molecule has 0 heterocycles. The number of ketones is 1. The van der Waals surface area contributed by atoms with Crippen LogP contribution >= 0.6 is 0 Å². The molecule has 115 heavy (non-hydrogen) atoms. The number of Topliss-reactive ketones (excluding diaryl/α,β-unsaturated/α-hetero) is 1. The Hall–Kier alpha value is -8.43. The Bertz CT molecular complexity index is 4350. The van der Waals surface area contributed by atoms with Gasteiger partial charge in [-0.25, -0.2) is 43.1 Å². The van der Waals surface area contributed by atoms with Crippen molar-refractivity contribution in [3.05, 3.63) is 225 Å². The molecule has 7 aromatic carbocycles. The first-order valence-corrected chi connectivity index (χ1v) is 44.6. The summed E-state index contributed by atoms with van der Waals surface area (Å²) in [4.78, 5) is 54.7. The van der Waals surface area contributed by atoms with Crippen LogP contribution in [-0.2, 0) is 100 Å². The first-order valence-electron chi connectivity index (χ1n) is 38.1. The van der Waals surface area contributed by atoms with E-state index >= 15 is 0 Å². The van der Waals surface area contributed by atoms with E-state index in [1.54, 1.807) is 104 Å². The fraction of sp³-hybridized carbons (Fsp3) is 0.453. The number of nitrogens with one attached hydrogen (secondary N) is 6. The number of benzene rings is 7. The maximum Gasteiger partial charge on any atom is 0.240 e. The second kappa shape index (κ2) is 59.3. The molecule has 0 aliphatic rings. The second-order valence-electron chi connectivity index (χ2n) is 27.2. The standard InChI is InChI=1S/C19H32N2O6S.C18H29NO5S.C13H20N2O4S.C10H13NO.C9H10O.C9H12.C8H10O2S/c1-17-5-7-19(8-6-17)28(23,24)21-10-4-12-26-14-16-27-15-13-25-11-3-9-20-18(2)22;1-14-5-7-18(8-6-14)25(21,22)13-15(2)11-23-9-10-24-12-16(3)19-17(4)20;1-11-3-5-13(6-4-11)20(17,18)15-8-10-19-9-7-14-12(2)16;1-8-3-5-10(6-4-8)7-11-9(2)12;1-7-3-5-9(6-4-7)8(2)10;1-3-9-6-4-8(2)5-7-9;1-7-3-5-8(6-4-7)11(2,9)10/h5-8,21H,3-4,9-16H2,1-2H3,(H,20,22);5-8,15-16H,9-13H2,1-4H3,(H,19,20);3-6,15H,7-10H2,1-2H3,(H,14,16);3-6H,7H2,1-2H3,(H,11,12);3-6H,1-2H3;4-7H,3H2,1-2H3;3-6H,1-2H3. The van der Waals surface area contributed by atoms with E-state index in [0.29, 0.717) is 115 Å². The maximum absolute atomic E-state index is 12.3. The molecule has 7 rings (SSSR count). The molecule has 2 atom stereocenters. The smallest absolute Gasteiger partial charge is 0.240 e. The number of aryl methyl sites for hydroxylation is 8. The van der Waals surface area contributed by atoms with E-state index in [0.717, 1.165) is 46.2 Å². The Morgan fingerprint density at radius 3 is 1.08 bits per heavy atom. The van der Waals surface area contributed by atoms with Gasteiger partial charge in [0.1, 0.15) is 0 Å². The van der Waals surface area contributed by atoms with Crippen LogP contribution in [-0.4, -0.2) is 187 Å². The lowest BCUT2D eigenvalue weighted by atomic mass is 10.1. The summed E-state index contributed by atoms with van der Waals surface area (Å²) in [5.74, 6) is -0.159. The van der Waals surface area contributed by atoms with Crippen molar-refractivity contribution in [2.75, 3.05) is 117 Å². The Labute approximate surface area is 685 Å². The SMILES string of the molecule is CC(=O)NC(C)COCCOCC(C)CS(=O)(=O)c1ccc(C)cc1.CC(=O)NCCCOCCOCCOCCCNS(=O)(=O)c1ccc(C)cc1.CC(=O)NCCOCCNS(=O)(=O)c1ccc(C)cc1.CC(=O)NCc1ccc(C)cc1.CC(=O)c1ccc(C)cc1.CCc1ccc(C)cc1.Cc1ccc(S(C)(=O)=O)cc1. The van der Waals surface area contributed by atoms with Gasteiger partial charge in [0.15, 0.2) is 25.5 Å². The van der Waals surface area contributed by atoms with Crippen molar-refractivity contribution in [1.82, 2.24) is 30.7 Å². The molecule has 29 heteroatoms. The summed E-state index contributed by atoms with van der Waals surface area (Å²) in [6, 6.07) is 51.3. The van der Waals surface area contributed by atoms with Crippen LogP contribution in [0.15, 0.2) is 189 Å². The van der Waals surface area contributed by atoms with Crippen LogP contribution in [0, 0.1) is 54.4 Å². The zero-order valence-corrected chi connectivity index (χ0v) is 73.3. The number of sulfone groups is 2. The Balaban J connectivity index is 0.000000697. The number of sulfonamides is 2. The minimum absolute atomic E-state index is 0.00979. The van der Waals surface area contributed by atoms with E-state index in [1.807, 2.05) is 104 Å². The number of carbonyl (C=O) groups excluding carboxylic acids is 5.